The van der Waals surface area contributed by atoms with Crippen LogP contribution in [0.3, 0.4) is 0 Å². The molecule has 0 aromatic carbocycles. The summed E-state index contributed by atoms with van der Waals surface area (Å²) >= 11 is 0. The van der Waals surface area contributed by atoms with Crippen molar-refractivity contribution >= 4 is 10.0 Å². The summed E-state index contributed by atoms with van der Waals surface area (Å²) in [6.45, 7) is 2.14. The quantitative estimate of drug-likeness (QED) is 0.805. The van der Waals surface area contributed by atoms with Crippen LogP contribution < -0.4 is 0 Å². The summed E-state index contributed by atoms with van der Waals surface area (Å²) in [5.74, 6) is 0. The number of nitrogens with zero attached hydrogens (tertiary/aromatic N) is 2. The fraction of sp³-hybridized carbons (Fsp3) is 0.500. The number of hydrogen-bond donors (Lipinski definition) is 1. The fourth-order valence-corrected chi connectivity index (χ4v) is 3.28. The van der Waals surface area contributed by atoms with E-state index in [1.807, 2.05) is 0 Å². The average molecular weight is 242 g/mol. The number of hydrogen-bond acceptors (Lipinski definition) is 4. The zero-order valence-corrected chi connectivity index (χ0v) is 9.81. The number of aliphatic hydroxyl groups is 1. The Morgan fingerprint density at radius 1 is 1.56 bits per heavy atom. The number of pyridine rings is 1. The second-order valence-corrected chi connectivity index (χ2v) is 6.21. The van der Waals surface area contributed by atoms with Crippen molar-refractivity contribution in [1.82, 2.24) is 9.29 Å². The molecule has 2 rings (SSSR count). The Morgan fingerprint density at radius 2 is 2.31 bits per heavy atom. The molecule has 1 saturated heterocycles. The highest BCUT2D eigenvalue weighted by atomic mass is 32.2. The molecular formula is C10H14N2O3S. The first-order valence-corrected chi connectivity index (χ1v) is 6.48. The molecule has 1 N–H and O–H groups in total. The van der Waals surface area contributed by atoms with Crippen LogP contribution in [0.2, 0.25) is 0 Å². The van der Waals surface area contributed by atoms with E-state index in [2.05, 4.69) is 4.98 Å². The van der Waals surface area contributed by atoms with Gasteiger partial charge in [-0.2, -0.15) is 4.31 Å². The summed E-state index contributed by atoms with van der Waals surface area (Å²) in [6.07, 6.45) is 3.31. The SMILES string of the molecule is CC1(O)CCN(S(=O)(=O)c2cccnc2)C1. The molecule has 16 heavy (non-hydrogen) atoms. The number of rotatable bonds is 2. The van der Waals surface area contributed by atoms with E-state index in [4.69, 9.17) is 0 Å². The summed E-state index contributed by atoms with van der Waals surface area (Å²) in [7, 11) is -3.50. The standard InChI is InChI=1S/C10H14N2O3S/c1-10(13)4-6-12(8-10)16(14,15)9-3-2-5-11-7-9/h2-3,5,7,13H,4,6,8H2,1H3. The highest BCUT2D eigenvalue weighted by Gasteiger charge is 2.38. The van der Waals surface area contributed by atoms with Gasteiger partial charge in [-0.05, 0) is 25.5 Å². The smallest absolute Gasteiger partial charge is 0.244 e. The van der Waals surface area contributed by atoms with Gasteiger partial charge in [0.1, 0.15) is 4.90 Å². The highest BCUT2D eigenvalue weighted by Crippen LogP contribution is 2.26. The maximum Gasteiger partial charge on any atom is 0.244 e. The predicted octanol–water partition coefficient (Wildman–Crippen LogP) is 0.227. The maximum absolute atomic E-state index is 12.1. The molecule has 1 aromatic heterocycles. The molecular weight excluding hydrogens is 228 g/mol. The van der Waals surface area contributed by atoms with E-state index in [1.165, 1.54) is 22.8 Å². The second kappa shape index (κ2) is 3.80. The van der Waals surface area contributed by atoms with Gasteiger partial charge in [0.15, 0.2) is 0 Å². The van der Waals surface area contributed by atoms with Gasteiger partial charge in [0, 0.05) is 25.5 Å². The highest BCUT2D eigenvalue weighted by molar-refractivity contribution is 7.89. The first-order chi connectivity index (χ1) is 7.42. The van der Waals surface area contributed by atoms with Crippen molar-refractivity contribution in [2.75, 3.05) is 13.1 Å². The van der Waals surface area contributed by atoms with E-state index in [0.717, 1.165) is 0 Å². The zero-order chi connectivity index (χ0) is 11.8. The number of β-amino-alcohol motifs (C(OH)–C–C–N with tert-alkyl or cyclic N) is 1. The minimum Gasteiger partial charge on any atom is -0.389 e. The molecule has 0 aliphatic carbocycles. The van der Waals surface area contributed by atoms with Crippen LogP contribution in [-0.2, 0) is 10.0 Å². The average Bonchev–Trinajstić information content (AvgIpc) is 2.61. The summed E-state index contributed by atoms with van der Waals surface area (Å²) in [5.41, 5.74) is -0.921. The van der Waals surface area contributed by atoms with Gasteiger partial charge in [-0.15, -0.1) is 0 Å². The van der Waals surface area contributed by atoms with Crippen molar-refractivity contribution in [3.05, 3.63) is 24.5 Å². The summed E-state index contributed by atoms with van der Waals surface area (Å²) in [5, 5.41) is 9.75. The fourth-order valence-electron chi connectivity index (χ4n) is 1.76. The maximum atomic E-state index is 12.1. The van der Waals surface area contributed by atoms with Crippen molar-refractivity contribution in [3.63, 3.8) is 0 Å². The molecule has 1 aliphatic rings. The summed E-state index contributed by atoms with van der Waals surface area (Å²) in [4.78, 5) is 3.96. The topological polar surface area (TPSA) is 70.5 Å². The molecule has 5 nitrogen and oxygen atoms in total. The second-order valence-electron chi connectivity index (χ2n) is 4.27. The molecule has 0 saturated carbocycles. The normalized spacial score (nSPS) is 27.1. The summed E-state index contributed by atoms with van der Waals surface area (Å²) < 4.78 is 25.5. The van der Waals surface area contributed by atoms with Gasteiger partial charge in [0.25, 0.3) is 0 Å². The number of sulfonamides is 1. The van der Waals surface area contributed by atoms with Crippen LogP contribution in [0.5, 0.6) is 0 Å². The van der Waals surface area contributed by atoms with E-state index in [1.54, 1.807) is 13.0 Å². The van der Waals surface area contributed by atoms with E-state index >= 15 is 0 Å². The lowest BCUT2D eigenvalue weighted by atomic mass is 10.1. The van der Waals surface area contributed by atoms with Crippen LogP contribution in [0.25, 0.3) is 0 Å². The number of aromatic nitrogens is 1. The predicted molar refractivity (Wildman–Crippen MR) is 58.2 cm³/mol. The molecule has 1 atom stereocenters. The Hall–Kier alpha value is -0.980. The van der Waals surface area contributed by atoms with Gasteiger partial charge in [-0.25, -0.2) is 8.42 Å². The minimum absolute atomic E-state index is 0.143. The van der Waals surface area contributed by atoms with Gasteiger partial charge < -0.3 is 5.11 Å². The van der Waals surface area contributed by atoms with Gasteiger partial charge >= 0.3 is 0 Å². The van der Waals surface area contributed by atoms with Crippen molar-refractivity contribution in [2.24, 2.45) is 0 Å². The zero-order valence-electron chi connectivity index (χ0n) is 9.00. The lowest BCUT2D eigenvalue weighted by Gasteiger charge is -2.18. The third-order valence-electron chi connectivity index (χ3n) is 2.69. The molecule has 1 aliphatic heterocycles. The lowest BCUT2D eigenvalue weighted by Crippen LogP contribution is -2.33. The van der Waals surface area contributed by atoms with Crippen LogP contribution in [0, 0.1) is 0 Å². The Balaban J connectivity index is 2.28. The van der Waals surface area contributed by atoms with Gasteiger partial charge in [-0.1, -0.05) is 0 Å². The first kappa shape index (κ1) is 11.5. The Labute approximate surface area is 94.8 Å². The molecule has 2 heterocycles. The summed E-state index contributed by atoms with van der Waals surface area (Å²) in [6, 6.07) is 3.09. The van der Waals surface area contributed by atoms with Gasteiger partial charge in [0.05, 0.1) is 5.60 Å². The van der Waals surface area contributed by atoms with E-state index in [0.29, 0.717) is 13.0 Å². The van der Waals surface area contributed by atoms with Crippen LogP contribution >= 0.6 is 0 Å². The van der Waals surface area contributed by atoms with Crippen LogP contribution in [-0.4, -0.2) is 41.5 Å². The largest absolute Gasteiger partial charge is 0.389 e. The van der Waals surface area contributed by atoms with Crippen LogP contribution in [0.1, 0.15) is 13.3 Å². The van der Waals surface area contributed by atoms with Crippen molar-refractivity contribution in [2.45, 2.75) is 23.8 Å². The van der Waals surface area contributed by atoms with Gasteiger partial charge in [0.2, 0.25) is 10.0 Å². The monoisotopic (exact) mass is 242 g/mol. The van der Waals surface area contributed by atoms with E-state index < -0.39 is 15.6 Å². The van der Waals surface area contributed by atoms with Crippen molar-refractivity contribution in [3.8, 4) is 0 Å². The van der Waals surface area contributed by atoms with Crippen LogP contribution in [0.15, 0.2) is 29.4 Å². The molecule has 1 unspecified atom stereocenters. The first-order valence-electron chi connectivity index (χ1n) is 5.04. The van der Waals surface area contributed by atoms with Gasteiger partial charge in [-0.3, -0.25) is 4.98 Å². The Bertz CT molecular complexity index is 470. The third kappa shape index (κ3) is 2.09. The molecule has 1 aromatic rings. The van der Waals surface area contributed by atoms with Crippen LogP contribution in [0.4, 0.5) is 0 Å². The molecule has 6 heteroatoms. The molecule has 88 valence electrons. The van der Waals surface area contributed by atoms with E-state index in [9.17, 15) is 13.5 Å². The molecule has 1 fully saturated rings. The van der Waals surface area contributed by atoms with E-state index in [-0.39, 0.29) is 11.4 Å². The Kier molecular flexibility index (Phi) is 2.73. The third-order valence-corrected chi connectivity index (χ3v) is 4.52. The minimum atomic E-state index is -3.50. The molecule has 0 amide bonds. The Morgan fingerprint density at radius 3 is 2.81 bits per heavy atom. The molecule has 0 bridgehead atoms. The molecule has 0 spiro atoms. The lowest BCUT2D eigenvalue weighted by molar-refractivity contribution is 0.0762. The molecule has 0 radical (unpaired) electrons. The van der Waals surface area contributed by atoms with Crippen molar-refractivity contribution in [1.29, 1.82) is 0 Å². The van der Waals surface area contributed by atoms with Crippen molar-refractivity contribution < 1.29 is 13.5 Å².